The minimum atomic E-state index is -0.344. The maximum atomic E-state index is 2.52. The van der Waals surface area contributed by atoms with Gasteiger partial charge in [-0.15, -0.1) is 0 Å². The molecular weight excluding hydrogens is 905 g/mol. The number of benzene rings is 11. The van der Waals surface area contributed by atoms with E-state index in [-0.39, 0.29) is 5.41 Å². The zero-order valence-electron chi connectivity index (χ0n) is 41.5. The molecule has 3 aliphatic rings. The van der Waals surface area contributed by atoms with Crippen LogP contribution in [0.15, 0.2) is 297 Å². The van der Waals surface area contributed by atoms with Crippen LogP contribution in [0.25, 0.3) is 61.2 Å². The first-order valence-corrected chi connectivity index (χ1v) is 26.2. The van der Waals surface area contributed by atoms with E-state index in [1.165, 1.54) is 77.9 Å². The molecular formula is C73H52N2. The highest BCUT2D eigenvalue weighted by Gasteiger charge is 2.53. The number of hydrogen-bond donors (Lipinski definition) is 0. The SMILES string of the molecule is C1=C2C(=CCC1)C1(c3ccccc32)c2ccccc2-c2cc(N(c3ccc(-c4ccccc4)cc3)c3ccc(-c4ccc(N(c5ccc(-c6ccccc6)cc5)c5ccc(-c6ccccc6)cc5)cc4)cc3)ccc21. The number of anilines is 6. The van der Waals surface area contributed by atoms with Gasteiger partial charge in [0.15, 0.2) is 0 Å². The van der Waals surface area contributed by atoms with Crippen molar-refractivity contribution >= 4 is 39.7 Å². The van der Waals surface area contributed by atoms with E-state index in [9.17, 15) is 0 Å². The van der Waals surface area contributed by atoms with Crippen LogP contribution in [0.4, 0.5) is 34.1 Å². The molecule has 354 valence electrons. The Bertz CT molecular complexity index is 3850. The highest BCUT2D eigenvalue weighted by Crippen LogP contribution is 2.65. The fraction of sp³-hybridized carbons (Fsp3) is 0.0411. The number of nitrogens with zero attached hydrogens (tertiary/aromatic N) is 2. The summed E-state index contributed by atoms with van der Waals surface area (Å²) >= 11 is 0. The molecule has 11 aromatic carbocycles. The van der Waals surface area contributed by atoms with Crippen LogP contribution in [0.2, 0.25) is 0 Å². The normalized spacial score (nSPS) is 14.8. The molecule has 0 amide bonds. The Morgan fingerprint density at radius 2 is 0.547 bits per heavy atom. The van der Waals surface area contributed by atoms with E-state index in [4.69, 9.17) is 0 Å². The molecule has 0 fully saturated rings. The molecule has 11 aromatic rings. The molecule has 0 heterocycles. The Morgan fingerprint density at radius 3 is 0.973 bits per heavy atom. The van der Waals surface area contributed by atoms with Crippen molar-refractivity contribution in [3.63, 3.8) is 0 Å². The van der Waals surface area contributed by atoms with Crippen LogP contribution < -0.4 is 9.80 Å². The predicted molar refractivity (Wildman–Crippen MR) is 315 cm³/mol. The molecule has 3 aliphatic carbocycles. The van der Waals surface area contributed by atoms with Gasteiger partial charge in [-0.05, 0) is 175 Å². The molecule has 1 spiro atoms. The summed E-state index contributed by atoms with van der Waals surface area (Å²) in [5.74, 6) is 0. The van der Waals surface area contributed by atoms with Crippen molar-refractivity contribution in [1.29, 1.82) is 0 Å². The Balaban J connectivity index is 0.831. The van der Waals surface area contributed by atoms with Crippen LogP contribution in [0.1, 0.15) is 35.1 Å². The molecule has 1 unspecified atom stereocenters. The van der Waals surface area contributed by atoms with Crippen molar-refractivity contribution in [1.82, 2.24) is 0 Å². The molecule has 0 radical (unpaired) electrons. The summed E-state index contributed by atoms with van der Waals surface area (Å²) in [4.78, 5) is 4.77. The van der Waals surface area contributed by atoms with Gasteiger partial charge in [0.2, 0.25) is 0 Å². The maximum absolute atomic E-state index is 2.52. The smallest absolute Gasteiger partial charge is 0.0722 e. The molecule has 75 heavy (non-hydrogen) atoms. The highest BCUT2D eigenvalue weighted by atomic mass is 15.1. The van der Waals surface area contributed by atoms with Crippen LogP contribution in [0.3, 0.4) is 0 Å². The fourth-order valence-electron chi connectivity index (χ4n) is 12.3. The average Bonchev–Trinajstić information content (AvgIpc) is 4.15. The van der Waals surface area contributed by atoms with Gasteiger partial charge >= 0.3 is 0 Å². The number of hydrogen-bond acceptors (Lipinski definition) is 2. The van der Waals surface area contributed by atoms with Gasteiger partial charge in [-0.25, -0.2) is 0 Å². The first-order chi connectivity index (χ1) is 37.2. The zero-order valence-corrected chi connectivity index (χ0v) is 41.5. The van der Waals surface area contributed by atoms with Crippen LogP contribution in [0, 0.1) is 0 Å². The van der Waals surface area contributed by atoms with Crippen molar-refractivity contribution in [3.05, 3.63) is 319 Å². The molecule has 14 rings (SSSR count). The van der Waals surface area contributed by atoms with Crippen molar-refractivity contribution in [2.24, 2.45) is 0 Å². The lowest BCUT2D eigenvalue weighted by Crippen LogP contribution is -2.26. The summed E-state index contributed by atoms with van der Waals surface area (Å²) in [6.45, 7) is 0. The third-order valence-corrected chi connectivity index (χ3v) is 15.7. The molecule has 0 saturated carbocycles. The second-order valence-corrected chi connectivity index (χ2v) is 19.9. The standard InChI is InChI=1S/C73H52N2/c1-4-16-51(17-5-1)54-28-38-59(39-29-54)74(60-40-30-55(31-41-60)52-18-6-2-7-19-52)61-42-34-57(35-43-61)58-36-46-63(47-37-58)75(62-44-32-56(33-45-62)53-20-8-3-9-21-53)64-48-49-72-68(50-64)67-24-12-15-27-71(67)73(72)69-25-13-10-22-65(69)66-23-11-14-26-70(66)73/h1-10,12-13,15-50H,11,14H2. The summed E-state index contributed by atoms with van der Waals surface area (Å²) in [5, 5.41) is 0. The average molecular weight is 957 g/mol. The van der Waals surface area contributed by atoms with Crippen molar-refractivity contribution in [2.75, 3.05) is 9.80 Å². The number of allylic oxidation sites excluding steroid dienone is 4. The van der Waals surface area contributed by atoms with E-state index >= 15 is 0 Å². The van der Waals surface area contributed by atoms with Crippen LogP contribution in [-0.4, -0.2) is 0 Å². The van der Waals surface area contributed by atoms with Gasteiger partial charge in [-0.2, -0.15) is 0 Å². The first kappa shape index (κ1) is 44.2. The monoisotopic (exact) mass is 956 g/mol. The minimum absolute atomic E-state index is 0.344. The van der Waals surface area contributed by atoms with Crippen LogP contribution >= 0.6 is 0 Å². The van der Waals surface area contributed by atoms with Gasteiger partial charge in [0.05, 0.1) is 5.41 Å². The second-order valence-electron chi connectivity index (χ2n) is 19.9. The largest absolute Gasteiger partial charge is 0.311 e. The summed E-state index contributed by atoms with van der Waals surface area (Å²) < 4.78 is 0. The lowest BCUT2D eigenvalue weighted by Gasteiger charge is -2.32. The molecule has 0 aromatic heterocycles. The van der Waals surface area contributed by atoms with Crippen molar-refractivity contribution < 1.29 is 0 Å². The second kappa shape index (κ2) is 18.5. The molecule has 0 bridgehead atoms. The molecule has 0 aliphatic heterocycles. The van der Waals surface area contributed by atoms with Gasteiger partial charge in [-0.1, -0.05) is 218 Å². The summed E-state index contributed by atoms with van der Waals surface area (Å²) in [5.41, 5.74) is 26.7. The Kier molecular flexibility index (Phi) is 10.9. The van der Waals surface area contributed by atoms with E-state index in [1.807, 2.05) is 0 Å². The van der Waals surface area contributed by atoms with Crippen LogP contribution in [-0.2, 0) is 5.41 Å². The van der Waals surface area contributed by atoms with Crippen molar-refractivity contribution in [3.8, 4) is 55.6 Å². The topological polar surface area (TPSA) is 6.48 Å². The van der Waals surface area contributed by atoms with E-state index < -0.39 is 0 Å². The maximum Gasteiger partial charge on any atom is 0.0722 e. The minimum Gasteiger partial charge on any atom is -0.311 e. The Hall–Kier alpha value is -9.50. The van der Waals surface area contributed by atoms with Gasteiger partial charge < -0.3 is 9.80 Å². The third-order valence-electron chi connectivity index (χ3n) is 15.7. The van der Waals surface area contributed by atoms with E-state index in [1.54, 1.807) is 0 Å². The van der Waals surface area contributed by atoms with Gasteiger partial charge in [0, 0.05) is 34.1 Å². The predicted octanol–water partition coefficient (Wildman–Crippen LogP) is 19.7. The molecule has 1 atom stereocenters. The van der Waals surface area contributed by atoms with Crippen LogP contribution in [0.5, 0.6) is 0 Å². The Labute approximate surface area is 440 Å². The fourth-order valence-corrected chi connectivity index (χ4v) is 12.3. The summed E-state index contributed by atoms with van der Waals surface area (Å²) in [6, 6.07) is 102. The molecule has 0 saturated heterocycles. The first-order valence-electron chi connectivity index (χ1n) is 26.2. The highest BCUT2D eigenvalue weighted by molar-refractivity contribution is 6.01. The van der Waals surface area contributed by atoms with E-state index in [0.29, 0.717) is 0 Å². The van der Waals surface area contributed by atoms with Crippen molar-refractivity contribution in [2.45, 2.75) is 18.3 Å². The summed E-state index contributed by atoms with van der Waals surface area (Å²) in [6.07, 6.45) is 7.14. The molecule has 2 heteroatoms. The van der Waals surface area contributed by atoms with Gasteiger partial charge in [0.1, 0.15) is 0 Å². The number of rotatable bonds is 10. The molecule has 2 nitrogen and oxygen atoms in total. The third kappa shape index (κ3) is 7.56. The van der Waals surface area contributed by atoms with Gasteiger partial charge in [-0.3, -0.25) is 0 Å². The lowest BCUT2D eigenvalue weighted by atomic mass is 9.69. The lowest BCUT2D eigenvalue weighted by molar-refractivity contribution is 0.782. The number of fused-ring (bicyclic) bond motifs is 10. The molecule has 0 N–H and O–H groups in total. The van der Waals surface area contributed by atoms with Gasteiger partial charge in [0.25, 0.3) is 0 Å². The quantitative estimate of drug-likeness (QED) is 0.135. The van der Waals surface area contributed by atoms with E-state index in [0.717, 1.165) is 58.1 Å². The van der Waals surface area contributed by atoms with E-state index in [2.05, 4.69) is 301 Å². The summed E-state index contributed by atoms with van der Waals surface area (Å²) in [7, 11) is 0. The Morgan fingerprint density at radius 1 is 0.240 bits per heavy atom. The zero-order chi connectivity index (χ0) is 49.7.